The molecule has 0 amide bonds. The molecule has 3 heteroatoms. The number of hydrogen-bond acceptors (Lipinski definition) is 3. The zero-order valence-electron chi connectivity index (χ0n) is 9.67. The van der Waals surface area contributed by atoms with E-state index >= 15 is 0 Å². The third-order valence-corrected chi connectivity index (χ3v) is 5.20. The van der Waals surface area contributed by atoms with Crippen LogP contribution in [0.2, 0.25) is 0 Å². The molecule has 2 aliphatic heterocycles. The minimum atomic E-state index is 0.00397. The van der Waals surface area contributed by atoms with Gasteiger partial charge in [-0.15, -0.1) is 0 Å². The lowest BCUT2D eigenvalue weighted by atomic mass is 9.91. The molecule has 0 saturated carbocycles. The van der Waals surface area contributed by atoms with Gasteiger partial charge in [-0.3, -0.25) is 0 Å². The van der Waals surface area contributed by atoms with Gasteiger partial charge in [-0.2, -0.15) is 11.8 Å². The highest BCUT2D eigenvalue weighted by molar-refractivity contribution is 7.99. The van der Waals surface area contributed by atoms with Gasteiger partial charge in [-0.05, 0) is 50.8 Å². The summed E-state index contributed by atoms with van der Waals surface area (Å²) in [5.74, 6) is 2.15. The van der Waals surface area contributed by atoms with Crippen LogP contribution in [0, 0.1) is 5.92 Å². The van der Waals surface area contributed by atoms with Gasteiger partial charge in [0.25, 0.3) is 0 Å². The summed E-state index contributed by atoms with van der Waals surface area (Å²) in [4.78, 5) is 0. The molecule has 2 nitrogen and oxygen atoms in total. The van der Waals surface area contributed by atoms with E-state index in [1.165, 1.54) is 31.4 Å². The van der Waals surface area contributed by atoms with Crippen LogP contribution in [0.3, 0.4) is 0 Å². The van der Waals surface area contributed by atoms with Crippen LogP contribution >= 0.6 is 11.8 Å². The molecule has 88 valence electrons. The van der Waals surface area contributed by atoms with E-state index in [1.807, 2.05) is 0 Å². The Hall–Kier alpha value is 0.270. The number of thioether (sulfide) groups is 1. The van der Waals surface area contributed by atoms with Crippen LogP contribution in [-0.2, 0) is 0 Å². The van der Waals surface area contributed by atoms with Crippen LogP contribution in [0.1, 0.15) is 39.0 Å². The Bertz CT molecular complexity index is 206. The Morgan fingerprint density at radius 3 is 2.93 bits per heavy atom. The number of hydrogen-bond donors (Lipinski definition) is 2. The molecular weight excluding hydrogens is 206 g/mol. The smallest absolute Gasteiger partial charge is 0.0610 e. The van der Waals surface area contributed by atoms with Crippen molar-refractivity contribution in [2.24, 2.45) is 5.92 Å². The molecule has 0 aromatic heterocycles. The summed E-state index contributed by atoms with van der Waals surface area (Å²) in [5.41, 5.74) is 0.00397. The van der Waals surface area contributed by atoms with Crippen LogP contribution < -0.4 is 5.32 Å². The maximum absolute atomic E-state index is 9.28. The van der Waals surface area contributed by atoms with Gasteiger partial charge >= 0.3 is 0 Å². The predicted molar refractivity (Wildman–Crippen MR) is 66.3 cm³/mol. The van der Waals surface area contributed by atoms with Crippen molar-refractivity contribution >= 4 is 11.8 Å². The van der Waals surface area contributed by atoms with E-state index in [2.05, 4.69) is 24.0 Å². The Balaban J connectivity index is 1.76. The zero-order chi connectivity index (χ0) is 10.7. The Labute approximate surface area is 97.2 Å². The topological polar surface area (TPSA) is 32.3 Å². The third-order valence-electron chi connectivity index (χ3n) is 3.78. The molecule has 2 rings (SSSR count). The van der Waals surface area contributed by atoms with E-state index in [0.717, 1.165) is 24.1 Å². The van der Waals surface area contributed by atoms with Gasteiger partial charge in [0.05, 0.1) is 6.61 Å². The Morgan fingerprint density at radius 1 is 1.47 bits per heavy atom. The molecule has 2 fully saturated rings. The first-order chi connectivity index (χ1) is 7.22. The largest absolute Gasteiger partial charge is 0.394 e. The summed E-state index contributed by atoms with van der Waals surface area (Å²) < 4.78 is 0. The summed E-state index contributed by atoms with van der Waals surface area (Å²) in [7, 11) is 0. The van der Waals surface area contributed by atoms with Crippen molar-refractivity contribution in [2.45, 2.75) is 49.8 Å². The monoisotopic (exact) mass is 229 g/mol. The summed E-state index contributed by atoms with van der Waals surface area (Å²) >= 11 is 2.17. The highest BCUT2D eigenvalue weighted by atomic mass is 32.2. The first-order valence-electron chi connectivity index (χ1n) is 6.19. The van der Waals surface area contributed by atoms with E-state index < -0.39 is 0 Å². The van der Waals surface area contributed by atoms with E-state index in [4.69, 9.17) is 0 Å². The molecule has 0 aromatic carbocycles. The fourth-order valence-electron chi connectivity index (χ4n) is 2.82. The summed E-state index contributed by atoms with van der Waals surface area (Å²) in [6.07, 6.45) is 6.76. The van der Waals surface area contributed by atoms with Gasteiger partial charge in [0.1, 0.15) is 0 Å². The van der Waals surface area contributed by atoms with Gasteiger partial charge in [0.15, 0.2) is 0 Å². The van der Waals surface area contributed by atoms with Gasteiger partial charge in [-0.25, -0.2) is 0 Å². The second-order valence-electron chi connectivity index (χ2n) is 5.39. The minimum absolute atomic E-state index is 0.00397. The van der Waals surface area contributed by atoms with Gasteiger partial charge in [-0.1, -0.05) is 6.42 Å². The molecule has 15 heavy (non-hydrogen) atoms. The molecule has 3 unspecified atom stereocenters. The Kier molecular flexibility index (Phi) is 3.97. The summed E-state index contributed by atoms with van der Waals surface area (Å²) in [6.45, 7) is 3.52. The Morgan fingerprint density at radius 2 is 2.33 bits per heavy atom. The van der Waals surface area contributed by atoms with Crippen molar-refractivity contribution in [1.82, 2.24) is 5.32 Å². The number of aliphatic hydroxyl groups excluding tert-OH is 1. The van der Waals surface area contributed by atoms with Crippen molar-refractivity contribution in [3.8, 4) is 0 Å². The molecule has 2 aliphatic rings. The minimum Gasteiger partial charge on any atom is -0.394 e. The van der Waals surface area contributed by atoms with Crippen LogP contribution in [0.15, 0.2) is 0 Å². The van der Waals surface area contributed by atoms with E-state index in [0.29, 0.717) is 0 Å². The predicted octanol–water partition coefficient (Wildman–Crippen LogP) is 2.02. The fraction of sp³-hybridized carbons (Fsp3) is 1.00. The number of rotatable bonds is 3. The molecule has 0 aromatic rings. The second-order valence-corrected chi connectivity index (χ2v) is 6.80. The fourth-order valence-corrected chi connectivity index (χ4v) is 4.27. The molecule has 2 saturated heterocycles. The first-order valence-corrected chi connectivity index (χ1v) is 7.24. The van der Waals surface area contributed by atoms with Crippen molar-refractivity contribution in [1.29, 1.82) is 0 Å². The van der Waals surface area contributed by atoms with Crippen molar-refractivity contribution in [2.75, 3.05) is 18.9 Å². The summed E-state index contributed by atoms with van der Waals surface area (Å²) in [6, 6.07) is 0. The van der Waals surface area contributed by atoms with Crippen LogP contribution in [-0.4, -0.2) is 34.8 Å². The maximum atomic E-state index is 9.28. The van der Waals surface area contributed by atoms with Gasteiger partial charge in [0, 0.05) is 10.8 Å². The van der Waals surface area contributed by atoms with E-state index in [1.54, 1.807) is 0 Å². The summed E-state index contributed by atoms with van der Waals surface area (Å²) in [5, 5.41) is 13.6. The lowest BCUT2D eigenvalue weighted by Gasteiger charge is -2.25. The second kappa shape index (κ2) is 5.07. The molecular formula is C12H23NOS. The SMILES string of the molecule is CC1(CO)CC(CC2CCCCS2)CN1. The lowest BCUT2D eigenvalue weighted by molar-refractivity contribution is 0.188. The average Bonchev–Trinajstić information content (AvgIpc) is 2.63. The highest BCUT2D eigenvalue weighted by Crippen LogP contribution is 2.34. The average molecular weight is 229 g/mol. The van der Waals surface area contributed by atoms with E-state index in [-0.39, 0.29) is 12.1 Å². The van der Waals surface area contributed by atoms with Crippen LogP contribution in [0.5, 0.6) is 0 Å². The van der Waals surface area contributed by atoms with Crippen LogP contribution in [0.4, 0.5) is 0 Å². The standard InChI is InChI=1S/C12H23NOS/c1-12(9-14)7-10(8-13-12)6-11-4-2-3-5-15-11/h10-11,13-14H,2-9H2,1H3. The van der Waals surface area contributed by atoms with Gasteiger partial charge < -0.3 is 10.4 Å². The molecule has 2 N–H and O–H groups in total. The van der Waals surface area contributed by atoms with Crippen LogP contribution in [0.25, 0.3) is 0 Å². The number of nitrogens with one attached hydrogen (secondary N) is 1. The zero-order valence-corrected chi connectivity index (χ0v) is 10.5. The number of aliphatic hydroxyl groups is 1. The van der Waals surface area contributed by atoms with Crippen molar-refractivity contribution in [3.63, 3.8) is 0 Å². The quantitative estimate of drug-likeness (QED) is 0.776. The first kappa shape index (κ1) is 11.7. The molecule has 0 bridgehead atoms. The molecule has 0 spiro atoms. The van der Waals surface area contributed by atoms with Crippen molar-refractivity contribution in [3.05, 3.63) is 0 Å². The molecule has 2 heterocycles. The normalized spacial score (nSPS) is 42.0. The molecule has 3 atom stereocenters. The third kappa shape index (κ3) is 3.11. The molecule has 0 radical (unpaired) electrons. The molecule has 0 aliphatic carbocycles. The van der Waals surface area contributed by atoms with Gasteiger partial charge in [0.2, 0.25) is 0 Å². The highest BCUT2D eigenvalue weighted by Gasteiger charge is 2.35. The van der Waals surface area contributed by atoms with E-state index in [9.17, 15) is 5.11 Å². The van der Waals surface area contributed by atoms with Crippen molar-refractivity contribution < 1.29 is 5.11 Å². The maximum Gasteiger partial charge on any atom is 0.0610 e. The lowest BCUT2D eigenvalue weighted by Crippen LogP contribution is -2.39.